The second-order valence-electron chi connectivity index (χ2n) is 6.18. The van der Waals surface area contributed by atoms with E-state index in [-0.39, 0.29) is 17.3 Å². The Bertz CT molecular complexity index is 491. The summed E-state index contributed by atoms with van der Waals surface area (Å²) >= 11 is 3.32. The lowest BCUT2D eigenvalue weighted by Crippen LogP contribution is -2.42. The topological polar surface area (TPSA) is 21.3 Å². The molecule has 0 bridgehead atoms. The van der Waals surface area contributed by atoms with Crippen molar-refractivity contribution in [3.63, 3.8) is 0 Å². The van der Waals surface area contributed by atoms with Crippen LogP contribution in [-0.4, -0.2) is 26.3 Å². The van der Waals surface area contributed by atoms with Crippen LogP contribution < -0.4 is 5.32 Å². The first kappa shape index (κ1) is 14.5. The quantitative estimate of drug-likeness (QED) is 0.884. The molecule has 2 unspecified atom stereocenters. The highest BCUT2D eigenvalue weighted by Gasteiger charge is 2.50. The average Bonchev–Trinajstić information content (AvgIpc) is 3.16. The van der Waals surface area contributed by atoms with Gasteiger partial charge in [0.2, 0.25) is 0 Å². The van der Waals surface area contributed by atoms with E-state index < -0.39 is 0 Å². The number of nitrogens with one attached hydrogen (secondary N) is 1. The van der Waals surface area contributed by atoms with Gasteiger partial charge >= 0.3 is 0 Å². The Morgan fingerprint density at radius 3 is 2.90 bits per heavy atom. The number of halogens is 2. The predicted molar refractivity (Wildman–Crippen MR) is 81.2 cm³/mol. The van der Waals surface area contributed by atoms with Gasteiger partial charge in [-0.15, -0.1) is 0 Å². The third-order valence-electron chi connectivity index (χ3n) is 4.64. The van der Waals surface area contributed by atoms with Gasteiger partial charge in [0.25, 0.3) is 0 Å². The minimum atomic E-state index is -0.115. The molecule has 1 aliphatic heterocycles. The highest BCUT2D eigenvalue weighted by atomic mass is 79.9. The minimum absolute atomic E-state index is 0.0462. The maximum Gasteiger partial charge on any atom is 0.127 e. The Kier molecular flexibility index (Phi) is 4.16. The lowest BCUT2D eigenvalue weighted by Gasteiger charge is -2.34. The molecule has 3 rings (SSSR count). The molecular weight excluding hydrogens is 321 g/mol. The molecule has 2 nitrogen and oxygen atoms in total. The fourth-order valence-electron chi connectivity index (χ4n) is 3.58. The number of benzene rings is 1. The molecule has 1 heterocycles. The lowest BCUT2D eigenvalue weighted by atomic mass is 9.74. The molecule has 1 aromatic carbocycles. The van der Waals surface area contributed by atoms with Crippen molar-refractivity contribution < 1.29 is 9.13 Å². The Hall–Kier alpha value is -0.450. The lowest BCUT2D eigenvalue weighted by molar-refractivity contribution is 0.0311. The van der Waals surface area contributed by atoms with Crippen LogP contribution in [0.15, 0.2) is 22.7 Å². The molecule has 1 saturated heterocycles. The van der Waals surface area contributed by atoms with Crippen LogP contribution in [0.25, 0.3) is 0 Å². The molecule has 1 aliphatic carbocycles. The van der Waals surface area contributed by atoms with Crippen molar-refractivity contribution in [1.82, 2.24) is 5.32 Å². The number of hydrogen-bond acceptors (Lipinski definition) is 2. The monoisotopic (exact) mass is 341 g/mol. The van der Waals surface area contributed by atoms with Gasteiger partial charge in [-0.3, -0.25) is 0 Å². The first-order valence-corrected chi connectivity index (χ1v) is 8.14. The van der Waals surface area contributed by atoms with Crippen LogP contribution in [-0.2, 0) is 11.2 Å². The van der Waals surface area contributed by atoms with E-state index in [1.54, 1.807) is 6.07 Å². The molecule has 0 radical (unpaired) electrons. The Labute approximate surface area is 128 Å². The summed E-state index contributed by atoms with van der Waals surface area (Å²) in [6.07, 6.45) is 4.59. The summed E-state index contributed by atoms with van der Waals surface area (Å²) < 4.78 is 21.0. The fourth-order valence-corrected chi connectivity index (χ4v) is 3.91. The van der Waals surface area contributed by atoms with E-state index >= 15 is 0 Å². The Balaban J connectivity index is 1.86. The largest absolute Gasteiger partial charge is 0.377 e. The summed E-state index contributed by atoms with van der Waals surface area (Å²) in [7, 11) is 1.97. The SMILES string of the molecule is CNCC1(Cc2ccc(Br)cc2F)CCOC1C1CC1. The standard InChI is InChI=1S/C16H21BrFNO/c1-19-10-16(6-7-20-15(16)11-2-3-11)9-12-4-5-13(17)8-14(12)18/h4-5,8,11,15,19H,2-3,6-7,9-10H2,1H3. The maximum absolute atomic E-state index is 14.2. The van der Waals surface area contributed by atoms with Crippen LogP contribution in [0.5, 0.6) is 0 Å². The van der Waals surface area contributed by atoms with Gasteiger partial charge in [0.05, 0.1) is 6.10 Å². The number of ether oxygens (including phenoxy) is 1. The van der Waals surface area contributed by atoms with Crippen LogP contribution in [0, 0.1) is 17.2 Å². The van der Waals surface area contributed by atoms with E-state index in [1.165, 1.54) is 12.8 Å². The van der Waals surface area contributed by atoms with Gasteiger partial charge in [0.15, 0.2) is 0 Å². The summed E-state index contributed by atoms with van der Waals surface area (Å²) in [5.41, 5.74) is 0.851. The Morgan fingerprint density at radius 1 is 1.45 bits per heavy atom. The zero-order valence-electron chi connectivity index (χ0n) is 11.8. The van der Waals surface area contributed by atoms with Crippen LogP contribution in [0.3, 0.4) is 0 Å². The molecule has 1 aromatic rings. The van der Waals surface area contributed by atoms with Crippen LogP contribution >= 0.6 is 15.9 Å². The van der Waals surface area contributed by atoms with Gasteiger partial charge < -0.3 is 10.1 Å². The zero-order chi connectivity index (χ0) is 14.2. The first-order valence-electron chi connectivity index (χ1n) is 7.35. The van der Waals surface area contributed by atoms with E-state index in [0.29, 0.717) is 5.92 Å². The summed E-state index contributed by atoms with van der Waals surface area (Å²) in [6.45, 7) is 1.70. The zero-order valence-corrected chi connectivity index (χ0v) is 13.4. The second-order valence-corrected chi connectivity index (χ2v) is 7.10. The minimum Gasteiger partial charge on any atom is -0.377 e. The molecule has 0 amide bonds. The van der Waals surface area contributed by atoms with Gasteiger partial charge in [-0.1, -0.05) is 22.0 Å². The van der Waals surface area contributed by atoms with Crippen molar-refractivity contribution in [3.05, 3.63) is 34.1 Å². The van der Waals surface area contributed by atoms with Crippen LogP contribution in [0.4, 0.5) is 4.39 Å². The maximum atomic E-state index is 14.2. The highest BCUT2D eigenvalue weighted by Crippen LogP contribution is 2.49. The number of hydrogen-bond donors (Lipinski definition) is 1. The molecule has 2 fully saturated rings. The summed E-state index contributed by atoms with van der Waals surface area (Å²) in [5.74, 6) is 0.570. The molecule has 110 valence electrons. The van der Waals surface area contributed by atoms with Crippen LogP contribution in [0.2, 0.25) is 0 Å². The molecule has 0 aromatic heterocycles. The molecule has 0 spiro atoms. The van der Waals surface area contributed by atoms with Crippen molar-refractivity contribution in [2.24, 2.45) is 11.3 Å². The van der Waals surface area contributed by atoms with Crippen molar-refractivity contribution in [2.45, 2.75) is 31.8 Å². The summed E-state index contributed by atoms with van der Waals surface area (Å²) in [4.78, 5) is 0. The number of rotatable bonds is 5. The normalized spacial score (nSPS) is 29.9. The third-order valence-corrected chi connectivity index (χ3v) is 5.13. The fraction of sp³-hybridized carbons (Fsp3) is 0.625. The summed E-state index contributed by atoms with van der Waals surface area (Å²) in [5, 5.41) is 3.30. The van der Waals surface area contributed by atoms with Gasteiger partial charge in [-0.05, 0) is 56.3 Å². The Morgan fingerprint density at radius 2 is 2.25 bits per heavy atom. The second kappa shape index (κ2) is 5.74. The molecule has 4 heteroatoms. The van der Waals surface area contributed by atoms with E-state index in [4.69, 9.17) is 4.74 Å². The molecule has 2 aliphatic rings. The third kappa shape index (κ3) is 2.78. The molecule has 1 N–H and O–H groups in total. The molecular formula is C16H21BrFNO. The average molecular weight is 342 g/mol. The van der Waals surface area contributed by atoms with Crippen molar-refractivity contribution in [2.75, 3.05) is 20.2 Å². The van der Waals surface area contributed by atoms with Crippen molar-refractivity contribution >= 4 is 15.9 Å². The predicted octanol–water partition coefficient (Wildman–Crippen LogP) is 3.54. The van der Waals surface area contributed by atoms with Gasteiger partial charge in [-0.25, -0.2) is 4.39 Å². The first-order chi connectivity index (χ1) is 9.64. The summed E-state index contributed by atoms with van der Waals surface area (Å²) in [6, 6.07) is 5.39. The van der Waals surface area contributed by atoms with E-state index in [0.717, 1.165) is 36.0 Å². The highest BCUT2D eigenvalue weighted by molar-refractivity contribution is 9.10. The van der Waals surface area contributed by atoms with Crippen molar-refractivity contribution in [1.29, 1.82) is 0 Å². The van der Waals surface area contributed by atoms with Gasteiger partial charge in [-0.2, -0.15) is 0 Å². The molecule has 2 atom stereocenters. The van der Waals surface area contributed by atoms with E-state index in [2.05, 4.69) is 21.2 Å². The molecule has 20 heavy (non-hydrogen) atoms. The van der Waals surface area contributed by atoms with Crippen molar-refractivity contribution in [3.8, 4) is 0 Å². The van der Waals surface area contributed by atoms with E-state index in [1.807, 2.05) is 19.2 Å². The van der Waals surface area contributed by atoms with Gasteiger partial charge in [0, 0.05) is 23.0 Å². The smallest absolute Gasteiger partial charge is 0.127 e. The van der Waals surface area contributed by atoms with Gasteiger partial charge in [0.1, 0.15) is 5.82 Å². The molecule has 1 saturated carbocycles. The van der Waals surface area contributed by atoms with E-state index in [9.17, 15) is 4.39 Å². The van der Waals surface area contributed by atoms with Crippen LogP contribution in [0.1, 0.15) is 24.8 Å².